The van der Waals surface area contributed by atoms with Crippen LogP contribution in [-0.2, 0) is 4.79 Å². The van der Waals surface area contributed by atoms with E-state index in [0.717, 1.165) is 22.6 Å². The fraction of sp³-hybridized carbons (Fsp3) is 0.200. The lowest BCUT2D eigenvalue weighted by Crippen LogP contribution is -2.35. The summed E-state index contributed by atoms with van der Waals surface area (Å²) in [5.41, 5.74) is 5.46. The first-order valence-electron chi connectivity index (χ1n) is 10.7. The Morgan fingerprint density at radius 3 is 2.58 bits per heavy atom. The van der Waals surface area contributed by atoms with Crippen molar-refractivity contribution >= 4 is 39.8 Å². The van der Waals surface area contributed by atoms with Crippen molar-refractivity contribution < 1.29 is 9.21 Å². The van der Waals surface area contributed by atoms with E-state index in [9.17, 15) is 4.79 Å². The number of aliphatic imine (C=N–C) groups is 1. The number of nitrogens with one attached hydrogen (secondary N) is 1. The topological polar surface area (TPSA) is 87.0 Å². The molecule has 0 unspecified atom stereocenters. The third-order valence-electron chi connectivity index (χ3n) is 5.77. The lowest BCUT2D eigenvalue weighted by atomic mass is 10.0. The van der Waals surface area contributed by atoms with Crippen molar-refractivity contribution in [2.75, 3.05) is 0 Å². The number of carbonyl (C=O) groups is 1. The van der Waals surface area contributed by atoms with Crippen LogP contribution in [0, 0.1) is 19.3 Å². The first kappa shape index (κ1) is 21.2. The minimum atomic E-state index is -0.444. The summed E-state index contributed by atoms with van der Waals surface area (Å²) >= 11 is 1.22. The number of aromatic nitrogens is 1. The number of hydrazone groups is 1. The number of amides is 1. The molecule has 0 aliphatic carbocycles. The van der Waals surface area contributed by atoms with Gasteiger partial charge in [0.2, 0.25) is 5.17 Å². The summed E-state index contributed by atoms with van der Waals surface area (Å²) in [6.45, 7) is 8.40. The van der Waals surface area contributed by atoms with Crippen LogP contribution < -0.4 is 0 Å². The number of carbonyl (C=O) groups excluding carboxylic acids is 1. The monoisotopic (exact) mass is 457 g/mol. The zero-order chi connectivity index (χ0) is 23.3. The minimum Gasteiger partial charge on any atom is -0.462 e. The van der Waals surface area contributed by atoms with Gasteiger partial charge in [0.25, 0.3) is 5.91 Å². The Morgan fingerprint density at radius 2 is 1.91 bits per heavy atom. The molecule has 0 saturated carbocycles. The van der Waals surface area contributed by atoms with Crippen molar-refractivity contribution in [2.24, 2.45) is 10.1 Å². The Morgan fingerprint density at radius 1 is 1.15 bits per heavy atom. The summed E-state index contributed by atoms with van der Waals surface area (Å²) in [6.07, 6.45) is 3.29. The molecule has 7 nitrogen and oxygen atoms in total. The standard InChI is InChI=1S/C25H23N5O2S/c1-14(2)17-7-9-19(10-8-17)29-15(3)12-18(16(29)4)13-20-22(26)30-25(27-23(20)31)33-24(28-30)21-6-5-11-32-21/h5-14,26H,1-4H3. The Kier molecular flexibility index (Phi) is 5.17. The maximum absolute atomic E-state index is 12.8. The average molecular weight is 458 g/mol. The molecular formula is C25H23N5O2S. The number of aryl methyl sites for hydroxylation is 1. The number of amidine groups is 2. The number of benzene rings is 1. The van der Waals surface area contributed by atoms with Crippen LogP contribution in [0.2, 0.25) is 0 Å². The van der Waals surface area contributed by atoms with E-state index in [4.69, 9.17) is 9.83 Å². The number of rotatable bonds is 4. The van der Waals surface area contributed by atoms with Crippen LogP contribution in [0.3, 0.4) is 0 Å². The van der Waals surface area contributed by atoms with Crippen LogP contribution in [0.1, 0.15) is 48.0 Å². The summed E-state index contributed by atoms with van der Waals surface area (Å²) in [7, 11) is 0. The molecule has 5 rings (SSSR count). The molecule has 166 valence electrons. The number of nitrogens with zero attached hydrogens (tertiary/aromatic N) is 4. The van der Waals surface area contributed by atoms with Crippen LogP contribution in [0.5, 0.6) is 0 Å². The van der Waals surface area contributed by atoms with Gasteiger partial charge in [-0.1, -0.05) is 26.0 Å². The van der Waals surface area contributed by atoms with Crippen molar-refractivity contribution in [3.63, 3.8) is 0 Å². The van der Waals surface area contributed by atoms with Crippen molar-refractivity contribution in [1.29, 1.82) is 5.41 Å². The maximum Gasteiger partial charge on any atom is 0.283 e. The lowest BCUT2D eigenvalue weighted by molar-refractivity contribution is -0.114. The molecule has 2 aliphatic heterocycles. The average Bonchev–Trinajstić information content (AvgIpc) is 3.51. The molecule has 1 N–H and O–H groups in total. The fourth-order valence-electron chi connectivity index (χ4n) is 3.99. The smallest absolute Gasteiger partial charge is 0.283 e. The van der Waals surface area contributed by atoms with Crippen molar-refractivity contribution in [3.8, 4) is 5.69 Å². The van der Waals surface area contributed by atoms with Gasteiger partial charge in [0.05, 0.1) is 11.8 Å². The third-order valence-corrected chi connectivity index (χ3v) is 6.70. The Balaban J connectivity index is 1.49. The molecule has 1 aromatic carbocycles. The number of hydrogen-bond donors (Lipinski definition) is 1. The van der Waals surface area contributed by atoms with Crippen LogP contribution in [0.15, 0.2) is 68.8 Å². The maximum atomic E-state index is 12.8. The molecule has 0 spiro atoms. The summed E-state index contributed by atoms with van der Waals surface area (Å²) in [5.74, 6) is 0.612. The Labute approximate surface area is 196 Å². The van der Waals surface area contributed by atoms with Gasteiger partial charge in [-0.05, 0) is 79.1 Å². The van der Waals surface area contributed by atoms with E-state index in [-0.39, 0.29) is 11.4 Å². The minimum absolute atomic E-state index is 0.00476. The van der Waals surface area contributed by atoms with E-state index in [1.807, 2.05) is 19.9 Å². The van der Waals surface area contributed by atoms with E-state index in [1.54, 1.807) is 24.5 Å². The predicted molar refractivity (Wildman–Crippen MR) is 132 cm³/mol. The van der Waals surface area contributed by atoms with Crippen molar-refractivity contribution in [3.05, 3.63) is 82.6 Å². The third kappa shape index (κ3) is 3.66. The molecule has 0 bridgehead atoms. The van der Waals surface area contributed by atoms with Crippen LogP contribution in [0.4, 0.5) is 0 Å². The molecule has 3 aromatic rings. The molecule has 0 radical (unpaired) electrons. The first-order chi connectivity index (χ1) is 15.8. The van der Waals surface area contributed by atoms with Gasteiger partial charge in [-0.15, -0.1) is 0 Å². The van der Waals surface area contributed by atoms with Gasteiger partial charge in [0.15, 0.2) is 16.6 Å². The van der Waals surface area contributed by atoms with Gasteiger partial charge in [0.1, 0.15) is 0 Å². The molecule has 1 amide bonds. The number of thioether (sulfide) groups is 1. The zero-order valence-electron chi connectivity index (χ0n) is 18.8. The molecule has 33 heavy (non-hydrogen) atoms. The SMILES string of the molecule is Cc1cc(C=C2C(=N)N3N=C(c4ccco4)SC3=NC2=O)c(C)n1-c1ccc(C(C)C)cc1. The fourth-order valence-corrected chi connectivity index (χ4v) is 4.85. The molecule has 4 heterocycles. The zero-order valence-corrected chi connectivity index (χ0v) is 19.6. The lowest BCUT2D eigenvalue weighted by Gasteiger charge is -2.20. The normalized spacial score (nSPS) is 17.1. The van der Waals surface area contributed by atoms with Crippen molar-refractivity contribution in [2.45, 2.75) is 33.6 Å². The second-order valence-corrected chi connectivity index (χ2v) is 9.27. The molecule has 0 fully saturated rings. The highest BCUT2D eigenvalue weighted by atomic mass is 32.2. The molecule has 2 aromatic heterocycles. The number of furan rings is 1. The van der Waals surface area contributed by atoms with Gasteiger partial charge in [0, 0.05) is 17.1 Å². The molecule has 2 aliphatic rings. The summed E-state index contributed by atoms with van der Waals surface area (Å²) < 4.78 is 7.55. The van der Waals surface area contributed by atoms with Gasteiger partial charge in [-0.3, -0.25) is 10.2 Å². The van der Waals surface area contributed by atoms with E-state index in [0.29, 0.717) is 21.9 Å². The van der Waals surface area contributed by atoms with Gasteiger partial charge in [-0.2, -0.15) is 15.1 Å². The summed E-state index contributed by atoms with van der Waals surface area (Å²) in [6, 6.07) is 14.1. The van der Waals surface area contributed by atoms with E-state index in [2.05, 4.69) is 52.8 Å². The number of hydrogen-bond acceptors (Lipinski definition) is 5. The predicted octanol–water partition coefficient (Wildman–Crippen LogP) is 5.48. The van der Waals surface area contributed by atoms with Gasteiger partial charge < -0.3 is 8.98 Å². The highest BCUT2D eigenvalue weighted by Crippen LogP contribution is 2.32. The van der Waals surface area contributed by atoms with E-state index >= 15 is 0 Å². The van der Waals surface area contributed by atoms with Gasteiger partial charge >= 0.3 is 0 Å². The van der Waals surface area contributed by atoms with Crippen LogP contribution in [-0.4, -0.2) is 31.5 Å². The van der Waals surface area contributed by atoms with Crippen LogP contribution in [0.25, 0.3) is 11.8 Å². The first-order valence-corrected chi connectivity index (χ1v) is 11.5. The molecule has 0 saturated heterocycles. The van der Waals surface area contributed by atoms with Crippen molar-refractivity contribution in [1.82, 2.24) is 9.58 Å². The highest BCUT2D eigenvalue weighted by molar-refractivity contribution is 8.27. The quantitative estimate of drug-likeness (QED) is 0.526. The summed E-state index contributed by atoms with van der Waals surface area (Å²) in [5, 5.41) is 15.4. The second kappa shape index (κ2) is 8.04. The van der Waals surface area contributed by atoms with Gasteiger partial charge in [-0.25, -0.2) is 0 Å². The number of fused-ring (bicyclic) bond motifs is 1. The summed E-state index contributed by atoms with van der Waals surface area (Å²) in [4.78, 5) is 17.0. The molecule has 0 atom stereocenters. The largest absolute Gasteiger partial charge is 0.462 e. The van der Waals surface area contributed by atoms with Crippen LogP contribution >= 0.6 is 11.8 Å². The second-order valence-electron chi connectivity index (χ2n) is 8.31. The Bertz CT molecular complexity index is 1360. The van der Waals surface area contributed by atoms with E-state index in [1.165, 1.54) is 22.3 Å². The molecule has 8 heteroatoms. The molecular weight excluding hydrogens is 434 g/mol. The highest BCUT2D eigenvalue weighted by Gasteiger charge is 2.36. The van der Waals surface area contributed by atoms with E-state index < -0.39 is 5.91 Å². The Hall–Kier alpha value is -3.65.